The number of halogens is 3. The van der Waals surface area contributed by atoms with Gasteiger partial charge in [0.15, 0.2) is 11.6 Å². The van der Waals surface area contributed by atoms with E-state index in [-0.39, 0.29) is 5.41 Å². The Morgan fingerprint density at radius 2 is 1.76 bits per heavy atom. The minimum absolute atomic E-state index is 0.249. The van der Waals surface area contributed by atoms with Gasteiger partial charge < -0.3 is 0 Å². The first kappa shape index (κ1) is 16.2. The average Bonchev–Trinajstić information content (AvgIpc) is 2.38. The summed E-state index contributed by atoms with van der Waals surface area (Å²) in [4.78, 5) is 9.35. The molecular formula is C15H15ClF2N2S. The lowest BCUT2D eigenvalue weighted by atomic mass is 9.96. The minimum Gasteiger partial charge on any atom is -0.225 e. The molecule has 0 unspecified atom stereocenters. The van der Waals surface area contributed by atoms with Crippen molar-refractivity contribution in [2.75, 3.05) is 0 Å². The molecular weight excluding hydrogens is 314 g/mol. The molecule has 0 atom stereocenters. The molecule has 112 valence electrons. The van der Waals surface area contributed by atoms with E-state index in [1.54, 1.807) is 6.92 Å². The first-order chi connectivity index (χ1) is 9.68. The zero-order chi connectivity index (χ0) is 15.8. The molecule has 6 heteroatoms. The van der Waals surface area contributed by atoms with Crippen LogP contribution < -0.4 is 0 Å². The monoisotopic (exact) mass is 328 g/mol. The summed E-state index contributed by atoms with van der Waals surface area (Å²) in [6.07, 6.45) is 0. The third-order valence-corrected chi connectivity index (χ3v) is 4.27. The second-order valence-electron chi connectivity index (χ2n) is 5.70. The molecule has 21 heavy (non-hydrogen) atoms. The normalized spacial score (nSPS) is 11.8. The van der Waals surface area contributed by atoms with Crippen LogP contribution in [0.4, 0.5) is 8.78 Å². The molecule has 0 aliphatic carbocycles. The molecule has 0 saturated heterocycles. The fourth-order valence-corrected chi connectivity index (χ4v) is 2.69. The second kappa shape index (κ2) is 5.89. The summed E-state index contributed by atoms with van der Waals surface area (Å²) in [6, 6.07) is 3.75. The molecule has 1 heterocycles. The first-order valence-electron chi connectivity index (χ1n) is 6.36. The molecule has 2 aromatic rings. The Morgan fingerprint density at radius 3 is 2.33 bits per heavy atom. The molecule has 2 nitrogen and oxygen atoms in total. The molecule has 0 aliphatic heterocycles. The van der Waals surface area contributed by atoms with Crippen molar-refractivity contribution in [3.63, 3.8) is 0 Å². The summed E-state index contributed by atoms with van der Waals surface area (Å²) in [5, 5.41) is 1.02. The molecule has 0 aliphatic rings. The maximum Gasteiger partial charge on any atom is 0.159 e. The molecule has 2 rings (SSSR count). The van der Waals surface area contributed by atoms with E-state index in [2.05, 4.69) is 9.97 Å². The van der Waals surface area contributed by atoms with Crippen LogP contribution in [0.5, 0.6) is 0 Å². The average molecular weight is 329 g/mol. The molecule has 0 N–H and O–H groups in total. The van der Waals surface area contributed by atoms with E-state index in [0.717, 1.165) is 17.7 Å². The fourth-order valence-electron chi connectivity index (χ4n) is 1.56. The van der Waals surface area contributed by atoms with Gasteiger partial charge in [0.2, 0.25) is 0 Å². The third-order valence-electron chi connectivity index (χ3n) is 2.82. The summed E-state index contributed by atoms with van der Waals surface area (Å²) in [7, 11) is 0. The molecule has 0 radical (unpaired) electrons. The molecule has 0 saturated carbocycles. The van der Waals surface area contributed by atoms with Crippen LogP contribution in [0, 0.1) is 18.6 Å². The highest BCUT2D eigenvalue weighted by atomic mass is 35.5. The second-order valence-corrected chi connectivity index (χ2v) is 7.12. The van der Waals surface area contributed by atoms with Crippen molar-refractivity contribution in [1.29, 1.82) is 0 Å². The van der Waals surface area contributed by atoms with Gasteiger partial charge in [0, 0.05) is 15.9 Å². The van der Waals surface area contributed by atoms with E-state index >= 15 is 0 Å². The third kappa shape index (κ3) is 3.71. The molecule has 1 aromatic carbocycles. The molecule has 0 fully saturated rings. The maximum absolute atomic E-state index is 13.3. The van der Waals surface area contributed by atoms with Crippen LogP contribution >= 0.6 is 23.4 Å². The summed E-state index contributed by atoms with van der Waals surface area (Å²) >= 11 is 7.39. The standard InChI is InChI=1S/C15H15ClF2N2S/c1-8-12(16)19-14(15(2,3)4)20-13(8)21-9-5-6-10(17)11(18)7-9/h5-7H,1-4H3. The van der Waals surface area contributed by atoms with Gasteiger partial charge in [-0.1, -0.05) is 44.1 Å². The van der Waals surface area contributed by atoms with E-state index < -0.39 is 11.6 Å². The van der Waals surface area contributed by atoms with Crippen molar-refractivity contribution < 1.29 is 8.78 Å². The Hall–Kier alpha value is -1.20. The van der Waals surface area contributed by atoms with Gasteiger partial charge in [0.05, 0.1) is 0 Å². The molecule has 0 bridgehead atoms. The summed E-state index contributed by atoms with van der Waals surface area (Å²) in [5.41, 5.74) is 0.472. The predicted octanol–water partition coefficient (Wildman–Crippen LogP) is 5.17. The largest absolute Gasteiger partial charge is 0.225 e. The van der Waals surface area contributed by atoms with Gasteiger partial charge >= 0.3 is 0 Å². The number of nitrogens with zero attached hydrogens (tertiary/aromatic N) is 2. The lowest BCUT2D eigenvalue weighted by Gasteiger charge is -2.18. The van der Waals surface area contributed by atoms with Gasteiger partial charge in [-0.05, 0) is 25.1 Å². The molecule has 1 aromatic heterocycles. The summed E-state index contributed by atoms with van der Waals surface area (Å²) in [6.45, 7) is 7.76. The Balaban J connectivity index is 2.43. The SMILES string of the molecule is Cc1c(Cl)nc(C(C)(C)C)nc1Sc1ccc(F)c(F)c1. The van der Waals surface area contributed by atoms with Crippen molar-refractivity contribution in [2.45, 2.75) is 43.0 Å². The fraction of sp³-hybridized carbons (Fsp3) is 0.333. The van der Waals surface area contributed by atoms with Crippen molar-refractivity contribution in [1.82, 2.24) is 9.97 Å². The van der Waals surface area contributed by atoms with Crippen molar-refractivity contribution in [3.05, 3.63) is 46.4 Å². The topological polar surface area (TPSA) is 25.8 Å². The Morgan fingerprint density at radius 1 is 1.10 bits per heavy atom. The highest BCUT2D eigenvalue weighted by Crippen LogP contribution is 2.33. The molecule has 0 spiro atoms. The van der Waals surface area contributed by atoms with Crippen LogP contribution in [0.1, 0.15) is 32.2 Å². The minimum atomic E-state index is -0.881. The van der Waals surface area contributed by atoms with Crippen molar-refractivity contribution in [2.24, 2.45) is 0 Å². The number of hydrogen-bond acceptors (Lipinski definition) is 3. The predicted molar refractivity (Wildman–Crippen MR) is 81.0 cm³/mol. The zero-order valence-electron chi connectivity index (χ0n) is 12.2. The quantitative estimate of drug-likeness (QED) is 0.712. The lowest BCUT2D eigenvalue weighted by molar-refractivity contribution is 0.506. The van der Waals surface area contributed by atoms with Gasteiger partial charge in [-0.2, -0.15) is 0 Å². The van der Waals surface area contributed by atoms with E-state index in [4.69, 9.17) is 11.6 Å². The first-order valence-corrected chi connectivity index (χ1v) is 7.55. The van der Waals surface area contributed by atoms with E-state index in [9.17, 15) is 8.78 Å². The number of aromatic nitrogens is 2. The number of benzene rings is 1. The van der Waals surface area contributed by atoms with E-state index in [1.165, 1.54) is 17.8 Å². The van der Waals surface area contributed by atoms with Crippen LogP contribution in [0.25, 0.3) is 0 Å². The summed E-state index contributed by atoms with van der Waals surface area (Å²) < 4.78 is 26.3. The Labute approximate surface area is 132 Å². The van der Waals surface area contributed by atoms with Gasteiger partial charge in [-0.15, -0.1) is 0 Å². The van der Waals surface area contributed by atoms with Gasteiger partial charge in [-0.3, -0.25) is 0 Å². The number of hydrogen-bond donors (Lipinski definition) is 0. The van der Waals surface area contributed by atoms with Crippen LogP contribution in [0.15, 0.2) is 28.1 Å². The van der Waals surface area contributed by atoms with Crippen LogP contribution in [-0.2, 0) is 5.41 Å². The molecule has 0 amide bonds. The van der Waals surface area contributed by atoms with Crippen LogP contribution in [-0.4, -0.2) is 9.97 Å². The Bertz CT molecular complexity index is 684. The van der Waals surface area contributed by atoms with Crippen molar-refractivity contribution >= 4 is 23.4 Å². The van der Waals surface area contributed by atoms with Crippen molar-refractivity contribution in [3.8, 4) is 0 Å². The van der Waals surface area contributed by atoms with Crippen LogP contribution in [0.3, 0.4) is 0 Å². The highest BCUT2D eigenvalue weighted by molar-refractivity contribution is 7.99. The van der Waals surface area contributed by atoms with E-state index in [1.807, 2.05) is 20.8 Å². The van der Waals surface area contributed by atoms with Gasteiger partial charge in [0.25, 0.3) is 0 Å². The Kier molecular flexibility index (Phi) is 4.54. The zero-order valence-corrected chi connectivity index (χ0v) is 13.7. The number of rotatable bonds is 2. The van der Waals surface area contributed by atoms with E-state index in [0.29, 0.717) is 20.9 Å². The summed E-state index contributed by atoms with van der Waals surface area (Å²) in [5.74, 6) is -1.13. The van der Waals surface area contributed by atoms with Gasteiger partial charge in [0.1, 0.15) is 16.0 Å². The highest BCUT2D eigenvalue weighted by Gasteiger charge is 2.21. The lowest BCUT2D eigenvalue weighted by Crippen LogP contribution is -2.17. The smallest absolute Gasteiger partial charge is 0.159 e. The van der Waals surface area contributed by atoms with Gasteiger partial charge in [-0.25, -0.2) is 18.7 Å². The van der Waals surface area contributed by atoms with Crippen LogP contribution in [0.2, 0.25) is 5.15 Å². The maximum atomic E-state index is 13.3.